The van der Waals surface area contributed by atoms with Crippen LogP contribution in [0.4, 0.5) is 10.1 Å². The molecule has 2 aromatic carbocycles. The van der Waals surface area contributed by atoms with Crippen LogP contribution < -0.4 is 5.32 Å². The SMILES string of the molecule is CC(C)CNC(=O)CC(c1ccc(F)cc1)c1c[nH]c2ccc([N+](=O)[O-])cc12. The second-order valence-corrected chi connectivity index (χ2v) is 7.24. The van der Waals surface area contributed by atoms with Crippen LogP contribution in [0.2, 0.25) is 0 Å². The number of aromatic amines is 1. The molecule has 1 heterocycles. The first-order valence-corrected chi connectivity index (χ1v) is 9.12. The Hall–Kier alpha value is -3.22. The highest BCUT2D eigenvalue weighted by molar-refractivity contribution is 5.87. The topological polar surface area (TPSA) is 88.0 Å². The van der Waals surface area contributed by atoms with Crippen molar-refractivity contribution in [1.29, 1.82) is 0 Å². The fourth-order valence-corrected chi connectivity index (χ4v) is 3.21. The van der Waals surface area contributed by atoms with Crippen LogP contribution in [-0.2, 0) is 4.79 Å². The largest absolute Gasteiger partial charge is 0.361 e. The molecule has 3 aromatic rings. The van der Waals surface area contributed by atoms with Crippen LogP contribution in [0.15, 0.2) is 48.7 Å². The molecule has 1 unspecified atom stereocenters. The maximum Gasteiger partial charge on any atom is 0.270 e. The van der Waals surface area contributed by atoms with Crippen molar-refractivity contribution in [2.24, 2.45) is 5.92 Å². The summed E-state index contributed by atoms with van der Waals surface area (Å²) in [6, 6.07) is 10.6. The number of nitrogens with zero attached hydrogens (tertiary/aromatic N) is 1. The number of H-pyrrole nitrogens is 1. The quantitative estimate of drug-likeness (QED) is 0.465. The van der Waals surface area contributed by atoms with Crippen LogP contribution in [0.5, 0.6) is 0 Å². The molecule has 146 valence electrons. The Morgan fingerprint density at radius 3 is 2.57 bits per heavy atom. The summed E-state index contributed by atoms with van der Waals surface area (Å²) in [6.45, 7) is 4.58. The predicted octanol–water partition coefficient (Wildman–Crippen LogP) is 4.51. The Morgan fingerprint density at radius 1 is 1.21 bits per heavy atom. The summed E-state index contributed by atoms with van der Waals surface area (Å²) in [7, 11) is 0. The fourth-order valence-electron chi connectivity index (χ4n) is 3.21. The van der Waals surface area contributed by atoms with Crippen LogP contribution in [-0.4, -0.2) is 22.4 Å². The number of nitro benzene ring substituents is 1. The number of amides is 1. The zero-order chi connectivity index (χ0) is 20.3. The average molecular weight is 383 g/mol. The lowest BCUT2D eigenvalue weighted by Gasteiger charge is -2.18. The number of aromatic nitrogens is 1. The highest BCUT2D eigenvalue weighted by Crippen LogP contribution is 2.35. The van der Waals surface area contributed by atoms with E-state index in [0.29, 0.717) is 17.8 Å². The van der Waals surface area contributed by atoms with Gasteiger partial charge < -0.3 is 10.3 Å². The van der Waals surface area contributed by atoms with E-state index in [1.54, 1.807) is 24.4 Å². The number of non-ortho nitro benzene ring substituents is 1. The smallest absolute Gasteiger partial charge is 0.270 e. The van der Waals surface area contributed by atoms with Crippen molar-refractivity contribution in [1.82, 2.24) is 10.3 Å². The zero-order valence-electron chi connectivity index (χ0n) is 15.7. The summed E-state index contributed by atoms with van der Waals surface area (Å²) in [5.41, 5.74) is 2.27. The average Bonchev–Trinajstić information content (AvgIpc) is 3.08. The number of fused-ring (bicyclic) bond motifs is 1. The van der Waals surface area contributed by atoms with E-state index in [0.717, 1.165) is 16.6 Å². The van der Waals surface area contributed by atoms with E-state index >= 15 is 0 Å². The summed E-state index contributed by atoms with van der Waals surface area (Å²) in [6.07, 6.45) is 1.92. The molecular weight excluding hydrogens is 361 g/mol. The number of carbonyl (C=O) groups is 1. The van der Waals surface area contributed by atoms with Crippen molar-refractivity contribution < 1.29 is 14.1 Å². The second-order valence-electron chi connectivity index (χ2n) is 7.24. The Labute approximate surface area is 161 Å². The Morgan fingerprint density at radius 2 is 1.93 bits per heavy atom. The molecule has 1 atom stereocenters. The molecule has 0 saturated heterocycles. The first-order chi connectivity index (χ1) is 13.3. The molecule has 3 rings (SSSR count). The first-order valence-electron chi connectivity index (χ1n) is 9.12. The summed E-state index contributed by atoms with van der Waals surface area (Å²) >= 11 is 0. The molecule has 0 spiro atoms. The van der Waals surface area contributed by atoms with Crippen LogP contribution in [0.3, 0.4) is 0 Å². The van der Waals surface area contributed by atoms with Crippen molar-refractivity contribution in [2.45, 2.75) is 26.2 Å². The third-order valence-electron chi connectivity index (χ3n) is 4.65. The Kier molecular flexibility index (Phi) is 5.73. The summed E-state index contributed by atoms with van der Waals surface area (Å²) in [5, 5.41) is 14.8. The van der Waals surface area contributed by atoms with Gasteiger partial charge in [-0.25, -0.2) is 4.39 Å². The van der Waals surface area contributed by atoms with Gasteiger partial charge in [0.1, 0.15) is 5.82 Å². The van der Waals surface area contributed by atoms with Crippen molar-refractivity contribution in [2.75, 3.05) is 6.54 Å². The monoisotopic (exact) mass is 383 g/mol. The van der Waals surface area contributed by atoms with Crippen LogP contribution >= 0.6 is 0 Å². The zero-order valence-corrected chi connectivity index (χ0v) is 15.7. The molecule has 2 N–H and O–H groups in total. The summed E-state index contributed by atoms with van der Waals surface area (Å²) in [5.74, 6) is -0.517. The van der Waals surface area contributed by atoms with Gasteiger partial charge in [0.25, 0.3) is 5.69 Å². The van der Waals surface area contributed by atoms with Gasteiger partial charge in [0, 0.05) is 48.1 Å². The highest BCUT2D eigenvalue weighted by atomic mass is 19.1. The van der Waals surface area contributed by atoms with Gasteiger partial charge in [-0.1, -0.05) is 26.0 Å². The van der Waals surface area contributed by atoms with E-state index < -0.39 is 4.92 Å². The highest BCUT2D eigenvalue weighted by Gasteiger charge is 2.23. The van der Waals surface area contributed by atoms with Crippen molar-refractivity contribution in [3.05, 3.63) is 75.7 Å². The van der Waals surface area contributed by atoms with E-state index in [1.807, 2.05) is 13.8 Å². The number of halogens is 1. The van der Waals surface area contributed by atoms with Gasteiger partial charge in [0.05, 0.1) is 4.92 Å². The predicted molar refractivity (Wildman–Crippen MR) is 106 cm³/mol. The molecule has 7 heteroatoms. The molecule has 0 radical (unpaired) electrons. The third-order valence-corrected chi connectivity index (χ3v) is 4.65. The van der Waals surface area contributed by atoms with Gasteiger partial charge in [-0.2, -0.15) is 0 Å². The van der Waals surface area contributed by atoms with Gasteiger partial charge in [-0.15, -0.1) is 0 Å². The lowest BCUT2D eigenvalue weighted by Crippen LogP contribution is -2.28. The molecular formula is C21H22FN3O3. The normalized spacial score (nSPS) is 12.3. The van der Waals surface area contributed by atoms with Crippen molar-refractivity contribution in [3.63, 3.8) is 0 Å². The molecule has 0 aliphatic heterocycles. The Balaban J connectivity index is 2.02. The van der Waals surface area contributed by atoms with Crippen molar-refractivity contribution in [3.8, 4) is 0 Å². The minimum absolute atomic E-state index is 0.0181. The van der Waals surface area contributed by atoms with Gasteiger partial charge in [0.15, 0.2) is 0 Å². The molecule has 28 heavy (non-hydrogen) atoms. The molecule has 6 nitrogen and oxygen atoms in total. The van der Waals surface area contributed by atoms with Gasteiger partial charge >= 0.3 is 0 Å². The molecule has 1 aromatic heterocycles. The number of hydrogen-bond donors (Lipinski definition) is 2. The molecule has 0 bridgehead atoms. The number of nitro groups is 1. The van der Waals surface area contributed by atoms with E-state index in [9.17, 15) is 19.3 Å². The first kappa shape index (κ1) is 19.5. The number of benzene rings is 2. The standard InChI is InChI=1S/C21H22FN3O3/c1-13(2)11-24-21(26)10-17(14-3-5-15(22)6-4-14)19-12-23-20-8-7-16(25(27)28)9-18(19)20/h3-9,12-13,17,23H,10-11H2,1-2H3,(H,24,26). The molecule has 0 aliphatic rings. The number of rotatable bonds is 7. The number of nitrogens with one attached hydrogen (secondary N) is 2. The maximum absolute atomic E-state index is 13.4. The lowest BCUT2D eigenvalue weighted by atomic mass is 9.88. The minimum atomic E-state index is -0.446. The number of hydrogen-bond acceptors (Lipinski definition) is 3. The van der Waals surface area contributed by atoms with Gasteiger partial charge in [-0.3, -0.25) is 14.9 Å². The van der Waals surface area contributed by atoms with E-state index in [1.165, 1.54) is 24.3 Å². The summed E-state index contributed by atoms with van der Waals surface area (Å²) in [4.78, 5) is 26.3. The van der Waals surface area contributed by atoms with E-state index in [4.69, 9.17) is 0 Å². The second kappa shape index (κ2) is 8.21. The maximum atomic E-state index is 13.4. The lowest BCUT2D eigenvalue weighted by molar-refractivity contribution is -0.384. The molecule has 0 fully saturated rings. The molecule has 0 saturated carbocycles. The van der Waals surface area contributed by atoms with E-state index in [-0.39, 0.29) is 29.8 Å². The van der Waals surface area contributed by atoms with Crippen LogP contribution in [0.25, 0.3) is 10.9 Å². The van der Waals surface area contributed by atoms with Gasteiger partial charge in [0.2, 0.25) is 5.91 Å². The Bertz CT molecular complexity index is 996. The van der Waals surface area contributed by atoms with Crippen LogP contribution in [0.1, 0.15) is 37.3 Å². The molecule has 0 aliphatic carbocycles. The number of carbonyl (C=O) groups excluding carboxylic acids is 1. The van der Waals surface area contributed by atoms with Gasteiger partial charge in [-0.05, 0) is 35.2 Å². The summed E-state index contributed by atoms with van der Waals surface area (Å²) < 4.78 is 13.4. The van der Waals surface area contributed by atoms with Crippen LogP contribution in [0, 0.1) is 21.8 Å². The van der Waals surface area contributed by atoms with Crippen molar-refractivity contribution >= 4 is 22.5 Å². The third kappa shape index (κ3) is 4.36. The van der Waals surface area contributed by atoms with E-state index in [2.05, 4.69) is 10.3 Å². The fraction of sp³-hybridized carbons (Fsp3) is 0.286. The molecule has 1 amide bonds. The minimum Gasteiger partial charge on any atom is -0.361 e.